The topological polar surface area (TPSA) is 58.2 Å². The van der Waals surface area contributed by atoms with Crippen LogP contribution in [-0.4, -0.2) is 27.5 Å². The second kappa shape index (κ2) is 6.30. The molecule has 0 aromatic heterocycles. The van der Waals surface area contributed by atoms with E-state index in [-0.39, 0.29) is 15.4 Å². The summed E-state index contributed by atoms with van der Waals surface area (Å²) in [7, 11) is -3.61. The van der Waals surface area contributed by atoms with Crippen molar-refractivity contribution in [2.24, 2.45) is 0 Å². The van der Waals surface area contributed by atoms with Gasteiger partial charge in [-0.3, -0.25) is 0 Å². The molecule has 0 radical (unpaired) electrons. The van der Waals surface area contributed by atoms with E-state index in [9.17, 15) is 12.8 Å². The highest BCUT2D eigenvalue weighted by Crippen LogP contribution is 2.22. The number of rotatable bonds is 4. The number of hydrogen-bond acceptors (Lipinski definition) is 3. The lowest BCUT2D eigenvalue weighted by molar-refractivity contribution is 0.398. The van der Waals surface area contributed by atoms with E-state index >= 15 is 0 Å². The van der Waals surface area contributed by atoms with Gasteiger partial charge in [0.25, 0.3) is 0 Å². The van der Waals surface area contributed by atoms with Crippen LogP contribution in [0.15, 0.2) is 27.6 Å². The minimum Gasteiger partial charge on any atom is -0.313 e. The molecule has 1 aromatic rings. The van der Waals surface area contributed by atoms with Crippen LogP contribution < -0.4 is 10.0 Å². The summed E-state index contributed by atoms with van der Waals surface area (Å²) in [6.45, 7) is 1.28. The molecule has 106 valence electrons. The summed E-state index contributed by atoms with van der Waals surface area (Å²) < 4.78 is 40.0. The highest BCUT2D eigenvalue weighted by Gasteiger charge is 2.20. The summed E-state index contributed by atoms with van der Waals surface area (Å²) in [6.07, 6.45) is 3.21. The first-order chi connectivity index (χ1) is 8.99. The van der Waals surface area contributed by atoms with E-state index in [0.717, 1.165) is 37.9 Å². The van der Waals surface area contributed by atoms with Gasteiger partial charge in [0, 0.05) is 17.1 Å². The number of hydrogen-bond donors (Lipinski definition) is 2. The van der Waals surface area contributed by atoms with Crippen molar-refractivity contribution in [2.75, 3.05) is 13.1 Å². The van der Waals surface area contributed by atoms with Gasteiger partial charge in [0.2, 0.25) is 10.0 Å². The Bertz CT molecular complexity index is 545. The third-order valence-corrected chi connectivity index (χ3v) is 5.52. The Kier molecular flexibility index (Phi) is 4.94. The van der Waals surface area contributed by atoms with E-state index in [0.29, 0.717) is 6.54 Å². The summed E-state index contributed by atoms with van der Waals surface area (Å²) in [5.41, 5.74) is 0. The fraction of sp³-hybridized carbons (Fsp3) is 0.500. The van der Waals surface area contributed by atoms with Gasteiger partial charge in [0.15, 0.2) is 0 Å². The maximum atomic E-state index is 13.0. The molecule has 0 spiro atoms. The molecule has 1 aliphatic rings. The Balaban J connectivity index is 2.05. The number of piperidine rings is 1. The molecule has 2 N–H and O–H groups in total. The molecule has 0 saturated carbocycles. The van der Waals surface area contributed by atoms with E-state index in [1.165, 1.54) is 6.07 Å². The fourth-order valence-corrected chi connectivity index (χ4v) is 4.21. The first-order valence-corrected chi connectivity index (χ1v) is 8.45. The molecule has 4 nitrogen and oxygen atoms in total. The minimum atomic E-state index is -3.61. The second-order valence-electron chi connectivity index (χ2n) is 4.57. The zero-order chi connectivity index (χ0) is 13.9. The maximum absolute atomic E-state index is 13.0. The van der Waals surface area contributed by atoms with Gasteiger partial charge in [-0.1, -0.05) is 6.42 Å². The van der Waals surface area contributed by atoms with Crippen LogP contribution in [0.4, 0.5) is 4.39 Å². The van der Waals surface area contributed by atoms with E-state index in [2.05, 4.69) is 26.0 Å². The third kappa shape index (κ3) is 3.98. The van der Waals surface area contributed by atoms with Gasteiger partial charge in [0.05, 0.1) is 4.90 Å². The molecule has 1 aliphatic heterocycles. The van der Waals surface area contributed by atoms with Crippen molar-refractivity contribution in [3.8, 4) is 0 Å². The van der Waals surface area contributed by atoms with Gasteiger partial charge in [0.1, 0.15) is 5.82 Å². The standard InChI is InChI=1S/C12H16BrFN2O2S/c13-11-7-9(14)4-5-12(11)19(17,18)16-8-10-3-1-2-6-15-10/h4-5,7,10,15-16H,1-3,6,8H2/t10-/m1/s1. The molecule has 0 unspecified atom stereocenters. The zero-order valence-corrected chi connectivity index (χ0v) is 12.7. The molecule has 2 rings (SSSR count). The Morgan fingerprint density at radius 3 is 2.84 bits per heavy atom. The SMILES string of the molecule is O=S(=O)(NC[C@H]1CCCCN1)c1ccc(F)cc1Br. The molecule has 1 saturated heterocycles. The Morgan fingerprint density at radius 1 is 1.42 bits per heavy atom. The predicted molar refractivity (Wildman–Crippen MR) is 74.9 cm³/mol. The average molecular weight is 351 g/mol. The molecule has 1 aromatic carbocycles. The quantitative estimate of drug-likeness (QED) is 0.873. The van der Waals surface area contributed by atoms with Crippen molar-refractivity contribution in [2.45, 2.75) is 30.2 Å². The van der Waals surface area contributed by atoms with Gasteiger partial charge >= 0.3 is 0 Å². The lowest BCUT2D eigenvalue weighted by atomic mass is 10.1. The summed E-state index contributed by atoms with van der Waals surface area (Å²) in [5.74, 6) is -0.472. The van der Waals surface area contributed by atoms with Crippen molar-refractivity contribution in [3.05, 3.63) is 28.5 Å². The molecule has 1 atom stereocenters. The number of halogens is 2. The Hall–Kier alpha value is -0.500. The van der Waals surface area contributed by atoms with Crippen LogP contribution in [0, 0.1) is 5.82 Å². The summed E-state index contributed by atoms with van der Waals surface area (Å²) >= 11 is 3.07. The van der Waals surface area contributed by atoms with Gasteiger partial charge < -0.3 is 5.32 Å². The van der Waals surface area contributed by atoms with Gasteiger partial charge in [-0.2, -0.15) is 0 Å². The van der Waals surface area contributed by atoms with Crippen LogP contribution in [0.1, 0.15) is 19.3 Å². The first-order valence-electron chi connectivity index (χ1n) is 6.17. The molecule has 19 heavy (non-hydrogen) atoms. The van der Waals surface area contributed by atoms with E-state index in [1.807, 2.05) is 0 Å². The Labute approximate surface area is 121 Å². The molecule has 0 aliphatic carbocycles. The van der Waals surface area contributed by atoms with E-state index in [1.54, 1.807) is 0 Å². The van der Waals surface area contributed by atoms with E-state index in [4.69, 9.17) is 0 Å². The first kappa shape index (κ1) is 14.9. The fourth-order valence-electron chi connectivity index (χ4n) is 2.08. The Morgan fingerprint density at radius 2 is 2.21 bits per heavy atom. The van der Waals surface area contributed by atoms with Crippen molar-refractivity contribution < 1.29 is 12.8 Å². The molecule has 0 amide bonds. The predicted octanol–water partition coefficient (Wildman–Crippen LogP) is 2.01. The summed E-state index contributed by atoms with van der Waals surface area (Å²) in [4.78, 5) is 0.0599. The lowest BCUT2D eigenvalue weighted by Gasteiger charge is -2.23. The largest absolute Gasteiger partial charge is 0.313 e. The lowest BCUT2D eigenvalue weighted by Crippen LogP contribution is -2.43. The zero-order valence-electron chi connectivity index (χ0n) is 10.3. The molecule has 0 bridgehead atoms. The number of sulfonamides is 1. The smallest absolute Gasteiger partial charge is 0.241 e. The highest BCUT2D eigenvalue weighted by molar-refractivity contribution is 9.10. The third-order valence-electron chi connectivity index (χ3n) is 3.12. The number of nitrogens with one attached hydrogen (secondary N) is 2. The molecule has 1 fully saturated rings. The van der Waals surface area contributed by atoms with Crippen LogP contribution in [-0.2, 0) is 10.0 Å². The van der Waals surface area contributed by atoms with Gasteiger partial charge in [-0.25, -0.2) is 17.5 Å². The maximum Gasteiger partial charge on any atom is 0.241 e. The molecule has 1 heterocycles. The normalized spacial score (nSPS) is 20.4. The van der Waals surface area contributed by atoms with Gasteiger partial charge in [-0.05, 0) is 53.5 Å². The van der Waals surface area contributed by atoms with Crippen LogP contribution in [0.25, 0.3) is 0 Å². The minimum absolute atomic E-state index is 0.0599. The van der Waals surface area contributed by atoms with Crippen LogP contribution in [0.3, 0.4) is 0 Å². The molecular formula is C12H16BrFN2O2S. The second-order valence-corrected chi connectivity index (χ2v) is 7.16. The van der Waals surface area contributed by atoms with Crippen LogP contribution >= 0.6 is 15.9 Å². The number of benzene rings is 1. The van der Waals surface area contributed by atoms with Gasteiger partial charge in [-0.15, -0.1) is 0 Å². The monoisotopic (exact) mass is 350 g/mol. The van der Waals surface area contributed by atoms with Crippen LogP contribution in [0.5, 0.6) is 0 Å². The summed E-state index contributed by atoms with van der Waals surface area (Å²) in [5, 5.41) is 3.27. The molecular weight excluding hydrogens is 335 g/mol. The van der Waals surface area contributed by atoms with Crippen molar-refractivity contribution in [3.63, 3.8) is 0 Å². The highest BCUT2D eigenvalue weighted by atomic mass is 79.9. The summed E-state index contributed by atoms with van der Waals surface area (Å²) in [6, 6.07) is 3.71. The van der Waals surface area contributed by atoms with Crippen molar-refractivity contribution in [1.29, 1.82) is 0 Å². The molecule has 7 heteroatoms. The van der Waals surface area contributed by atoms with Crippen LogP contribution in [0.2, 0.25) is 0 Å². The van der Waals surface area contributed by atoms with E-state index < -0.39 is 15.8 Å². The van der Waals surface area contributed by atoms with Crippen molar-refractivity contribution in [1.82, 2.24) is 10.0 Å². The average Bonchev–Trinajstić information content (AvgIpc) is 2.37. The van der Waals surface area contributed by atoms with Crippen molar-refractivity contribution >= 4 is 26.0 Å².